The Morgan fingerprint density at radius 2 is 1.89 bits per heavy atom. The van der Waals surface area contributed by atoms with Crippen LogP contribution in [0, 0.1) is 5.82 Å². The minimum atomic E-state index is -0.641. The summed E-state index contributed by atoms with van der Waals surface area (Å²) in [6.45, 7) is 9.90. The Bertz CT molecular complexity index is 1480. The van der Waals surface area contributed by atoms with Crippen molar-refractivity contribution >= 4 is 23.5 Å². The van der Waals surface area contributed by atoms with Crippen molar-refractivity contribution in [1.29, 1.82) is 0 Å². The van der Waals surface area contributed by atoms with Gasteiger partial charge in [0.05, 0.1) is 31.1 Å². The highest BCUT2D eigenvalue weighted by Gasteiger charge is 2.33. The molecule has 0 radical (unpaired) electrons. The van der Waals surface area contributed by atoms with Crippen molar-refractivity contribution in [3.63, 3.8) is 0 Å². The first-order chi connectivity index (χ1) is 21.0. The third-order valence-corrected chi connectivity index (χ3v) is 7.88. The molecule has 0 bridgehead atoms. The van der Waals surface area contributed by atoms with Gasteiger partial charge in [-0.25, -0.2) is 23.5 Å². The number of carbonyl (C=O) groups excluding carboxylic acids is 2. The van der Waals surface area contributed by atoms with Crippen molar-refractivity contribution in [3.8, 4) is 5.75 Å². The highest BCUT2D eigenvalue weighted by Crippen LogP contribution is 2.33. The molecule has 0 aliphatic carbocycles. The summed E-state index contributed by atoms with van der Waals surface area (Å²) in [5.41, 5.74) is 2.07. The number of benzene rings is 1. The van der Waals surface area contributed by atoms with Crippen molar-refractivity contribution in [3.05, 3.63) is 53.1 Å². The summed E-state index contributed by atoms with van der Waals surface area (Å²) in [7, 11) is 3.29. The molecule has 0 unspecified atom stereocenters. The molecule has 5 rings (SSSR count). The second-order valence-corrected chi connectivity index (χ2v) is 12.5. The molecule has 44 heavy (non-hydrogen) atoms. The number of ether oxygens (including phenoxy) is 3. The predicted molar refractivity (Wildman–Crippen MR) is 164 cm³/mol. The van der Waals surface area contributed by atoms with Gasteiger partial charge in [0.2, 0.25) is 0 Å². The van der Waals surface area contributed by atoms with Gasteiger partial charge in [0.25, 0.3) is 0 Å². The van der Waals surface area contributed by atoms with Crippen LogP contribution < -0.4 is 9.64 Å². The van der Waals surface area contributed by atoms with E-state index < -0.39 is 17.4 Å². The summed E-state index contributed by atoms with van der Waals surface area (Å²) in [6.07, 6.45) is 4.29. The van der Waals surface area contributed by atoms with E-state index in [1.165, 1.54) is 19.2 Å². The number of esters is 1. The number of likely N-dealkylation sites (tertiary alicyclic amines) is 1. The summed E-state index contributed by atoms with van der Waals surface area (Å²) in [6, 6.07) is 7.77. The smallest absolute Gasteiger partial charge is 0.410 e. The predicted octanol–water partition coefficient (Wildman–Crippen LogP) is 5.23. The van der Waals surface area contributed by atoms with E-state index in [9.17, 15) is 14.0 Å². The molecule has 3 aromatic rings. The van der Waals surface area contributed by atoms with Crippen LogP contribution in [-0.4, -0.2) is 89.0 Å². The number of nitrogens with zero attached hydrogens (tertiary/aromatic N) is 6. The Balaban J connectivity index is 1.30. The van der Waals surface area contributed by atoms with Crippen LogP contribution in [0.5, 0.6) is 5.75 Å². The number of fused-ring (bicyclic) bond motifs is 1. The van der Waals surface area contributed by atoms with Crippen molar-refractivity contribution in [2.24, 2.45) is 0 Å². The first-order valence-corrected chi connectivity index (χ1v) is 15.4. The lowest BCUT2D eigenvalue weighted by Gasteiger charge is -2.35. The van der Waals surface area contributed by atoms with E-state index in [-0.39, 0.29) is 17.7 Å². The first kappa shape index (κ1) is 31.5. The van der Waals surface area contributed by atoms with Gasteiger partial charge in [-0.2, -0.15) is 5.10 Å². The summed E-state index contributed by atoms with van der Waals surface area (Å²) < 4.78 is 31.9. The van der Waals surface area contributed by atoms with E-state index in [1.807, 2.05) is 43.3 Å². The monoisotopic (exact) mass is 610 g/mol. The molecular formula is C32H43FN6O5. The Morgan fingerprint density at radius 3 is 2.59 bits per heavy atom. The molecule has 4 heterocycles. The zero-order valence-electron chi connectivity index (χ0n) is 26.3. The maximum Gasteiger partial charge on any atom is 0.410 e. The van der Waals surface area contributed by atoms with Crippen LogP contribution in [0.1, 0.15) is 80.7 Å². The van der Waals surface area contributed by atoms with Gasteiger partial charge < -0.3 is 24.0 Å². The molecule has 2 aliphatic heterocycles. The molecule has 0 saturated carbocycles. The van der Waals surface area contributed by atoms with E-state index in [2.05, 4.69) is 15.9 Å². The van der Waals surface area contributed by atoms with Gasteiger partial charge in [-0.05, 0) is 78.1 Å². The zero-order chi connectivity index (χ0) is 31.4. The number of rotatable bonds is 10. The lowest BCUT2D eigenvalue weighted by atomic mass is 10.00. The van der Waals surface area contributed by atoms with Gasteiger partial charge >= 0.3 is 12.1 Å². The first-order valence-electron chi connectivity index (χ1n) is 15.4. The van der Waals surface area contributed by atoms with Crippen molar-refractivity contribution in [1.82, 2.24) is 24.4 Å². The molecule has 1 amide bonds. The molecule has 0 spiro atoms. The maximum atomic E-state index is 13.7. The summed E-state index contributed by atoms with van der Waals surface area (Å²) in [5, 5.41) is 5.00. The van der Waals surface area contributed by atoms with Gasteiger partial charge in [0.15, 0.2) is 5.65 Å². The van der Waals surface area contributed by atoms with Crippen LogP contribution in [0.3, 0.4) is 0 Å². The Morgan fingerprint density at radius 1 is 1.09 bits per heavy atom. The summed E-state index contributed by atoms with van der Waals surface area (Å²) in [4.78, 5) is 36.3. The van der Waals surface area contributed by atoms with Crippen molar-refractivity contribution < 1.29 is 28.2 Å². The third-order valence-electron chi connectivity index (χ3n) is 7.88. The molecule has 0 N–H and O–H groups in total. The van der Waals surface area contributed by atoms with Crippen LogP contribution in [0.25, 0.3) is 5.65 Å². The summed E-state index contributed by atoms with van der Waals surface area (Å²) in [5.74, 6) is 0.0586. The standard InChI is InChI=1S/C32H43FN6O5/c1-32(2,3)44-31(41)38-16-7-6-10-26(38)25-20-29-34-28(37-14-8-15-37)19-23(39(29)35-25)21-36(4)13-9-17-43-27-12-11-22(33)18-24(27)30(40)42-5/h11-12,18-20,26H,6-10,13-17,21H2,1-5H3/t26-/m0/s1. The molecule has 1 atom stereocenters. The Labute approximate surface area is 257 Å². The topological polar surface area (TPSA) is 102 Å². The minimum absolute atomic E-state index is 0.0660. The normalized spacial score (nSPS) is 17.1. The van der Waals surface area contributed by atoms with Crippen LogP contribution in [-0.2, 0) is 16.0 Å². The number of anilines is 1. The highest BCUT2D eigenvalue weighted by atomic mass is 19.1. The molecule has 2 aromatic heterocycles. The van der Waals surface area contributed by atoms with Gasteiger partial charge in [-0.1, -0.05) is 0 Å². The second-order valence-electron chi connectivity index (χ2n) is 12.5. The number of halogens is 1. The zero-order valence-corrected chi connectivity index (χ0v) is 26.3. The maximum absolute atomic E-state index is 13.7. The lowest BCUT2D eigenvalue weighted by Crippen LogP contribution is -2.42. The largest absolute Gasteiger partial charge is 0.493 e. The highest BCUT2D eigenvalue weighted by molar-refractivity contribution is 5.92. The van der Waals surface area contributed by atoms with Crippen LogP contribution in [0.15, 0.2) is 30.3 Å². The van der Waals surface area contributed by atoms with E-state index in [0.29, 0.717) is 38.4 Å². The molecule has 2 aliphatic rings. The van der Waals surface area contributed by atoms with Gasteiger partial charge in [-0.15, -0.1) is 0 Å². The van der Waals surface area contributed by atoms with Gasteiger partial charge in [0, 0.05) is 44.9 Å². The van der Waals surface area contributed by atoms with Crippen LogP contribution in [0.2, 0.25) is 0 Å². The number of piperidine rings is 1. The molecule has 2 saturated heterocycles. The Hall–Kier alpha value is -3.93. The molecular weight excluding hydrogens is 567 g/mol. The molecule has 238 valence electrons. The van der Waals surface area contributed by atoms with Gasteiger partial charge in [0.1, 0.15) is 28.5 Å². The number of carbonyl (C=O) groups is 2. The number of aromatic nitrogens is 3. The number of hydrogen-bond donors (Lipinski definition) is 0. The lowest BCUT2D eigenvalue weighted by molar-refractivity contribution is 0.00895. The third kappa shape index (κ3) is 7.40. The summed E-state index contributed by atoms with van der Waals surface area (Å²) >= 11 is 0. The molecule has 2 fully saturated rings. The van der Waals surface area contributed by atoms with E-state index in [0.717, 1.165) is 67.7 Å². The SMILES string of the molecule is COC(=O)c1cc(F)ccc1OCCCN(C)Cc1cc(N2CCC2)nc2cc([C@@H]3CCCCN3C(=O)OC(C)(C)C)nn12. The van der Waals surface area contributed by atoms with Crippen molar-refractivity contribution in [2.75, 3.05) is 51.8 Å². The number of amides is 1. The fourth-order valence-electron chi connectivity index (χ4n) is 5.57. The van der Waals surface area contributed by atoms with Crippen LogP contribution in [0.4, 0.5) is 15.0 Å². The number of methoxy groups -OCH3 is 1. The van der Waals surface area contributed by atoms with Crippen LogP contribution >= 0.6 is 0 Å². The van der Waals surface area contributed by atoms with E-state index >= 15 is 0 Å². The average Bonchev–Trinajstić information content (AvgIpc) is 3.38. The molecule has 11 nitrogen and oxygen atoms in total. The fourth-order valence-corrected chi connectivity index (χ4v) is 5.57. The Kier molecular flexibility index (Phi) is 9.57. The minimum Gasteiger partial charge on any atom is -0.493 e. The fraction of sp³-hybridized carbons (Fsp3) is 0.562. The quantitative estimate of drug-likeness (QED) is 0.226. The van der Waals surface area contributed by atoms with E-state index in [4.69, 9.17) is 24.3 Å². The average molecular weight is 611 g/mol. The number of hydrogen-bond acceptors (Lipinski definition) is 9. The van der Waals surface area contributed by atoms with Crippen molar-refractivity contribution in [2.45, 2.75) is 71.1 Å². The second kappa shape index (κ2) is 13.4. The molecule has 1 aromatic carbocycles. The molecule has 12 heteroatoms. The van der Waals surface area contributed by atoms with E-state index in [1.54, 1.807) is 0 Å². The van der Waals surface area contributed by atoms with Gasteiger partial charge in [-0.3, -0.25) is 4.90 Å².